The fourth-order valence-corrected chi connectivity index (χ4v) is 1.38. The Morgan fingerprint density at radius 1 is 1.28 bits per heavy atom. The second-order valence-corrected chi connectivity index (χ2v) is 5.53. The van der Waals surface area contributed by atoms with Crippen LogP contribution >= 0.6 is 0 Å². The Morgan fingerprint density at radius 2 is 1.83 bits per heavy atom. The predicted molar refractivity (Wildman–Crippen MR) is 70.3 cm³/mol. The molecule has 18 heavy (non-hydrogen) atoms. The summed E-state index contributed by atoms with van der Waals surface area (Å²) < 4.78 is 0. The average molecular weight is 251 g/mol. The zero-order valence-electron chi connectivity index (χ0n) is 11.1. The summed E-state index contributed by atoms with van der Waals surface area (Å²) >= 11 is 0. The number of carbonyl (C=O) groups excluding carboxylic acids is 1. The topological polar surface area (TPSA) is 69.6 Å². The van der Waals surface area contributed by atoms with Gasteiger partial charge in [-0.1, -0.05) is 32.9 Å². The largest absolute Gasteiger partial charge is 0.508 e. The van der Waals surface area contributed by atoms with Gasteiger partial charge in [-0.2, -0.15) is 0 Å². The highest BCUT2D eigenvalue weighted by atomic mass is 16.3. The van der Waals surface area contributed by atoms with Crippen molar-refractivity contribution in [3.05, 3.63) is 29.8 Å². The Labute approximate surface area is 108 Å². The van der Waals surface area contributed by atoms with E-state index in [1.807, 2.05) is 20.8 Å². The van der Waals surface area contributed by atoms with Crippen LogP contribution in [0.2, 0.25) is 0 Å². The maximum absolute atomic E-state index is 11.6. The summed E-state index contributed by atoms with van der Waals surface area (Å²) in [6, 6.07) is 6.50. The zero-order chi connectivity index (χ0) is 13.8. The Hall–Kier alpha value is -1.55. The lowest BCUT2D eigenvalue weighted by Gasteiger charge is -2.25. The van der Waals surface area contributed by atoms with Crippen LogP contribution in [0.3, 0.4) is 0 Å². The molecular weight excluding hydrogens is 230 g/mol. The number of nitrogens with one attached hydrogen (secondary N) is 1. The Kier molecular flexibility index (Phi) is 4.73. The highest BCUT2D eigenvalue weighted by molar-refractivity contribution is 5.78. The van der Waals surface area contributed by atoms with Crippen LogP contribution in [0.5, 0.6) is 5.75 Å². The molecule has 1 atom stereocenters. The smallest absolute Gasteiger partial charge is 0.224 e. The van der Waals surface area contributed by atoms with Gasteiger partial charge in [0.25, 0.3) is 0 Å². The molecule has 0 aliphatic carbocycles. The fraction of sp³-hybridized carbons (Fsp3) is 0.500. The van der Waals surface area contributed by atoms with Gasteiger partial charge in [0.2, 0.25) is 5.91 Å². The van der Waals surface area contributed by atoms with E-state index in [9.17, 15) is 9.90 Å². The van der Waals surface area contributed by atoms with Crippen molar-refractivity contribution in [1.82, 2.24) is 5.32 Å². The Morgan fingerprint density at radius 3 is 2.33 bits per heavy atom. The molecular formula is C14H21NO3. The number of amides is 1. The summed E-state index contributed by atoms with van der Waals surface area (Å²) in [5, 5.41) is 21.6. The number of phenolic OH excluding ortho intramolecular Hbond substituents is 1. The van der Waals surface area contributed by atoms with Gasteiger partial charge in [-0.15, -0.1) is 0 Å². The molecule has 0 saturated carbocycles. The van der Waals surface area contributed by atoms with Gasteiger partial charge in [-0.05, 0) is 23.1 Å². The summed E-state index contributed by atoms with van der Waals surface area (Å²) in [5.74, 6) is 0.0475. The van der Waals surface area contributed by atoms with Crippen molar-refractivity contribution < 1.29 is 15.0 Å². The summed E-state index contributed by atoms with van der Waals surface area (Å²) in [6.07, 6.45) is -0.321. The van der Waals surface area contributed by atoms with Crippen LogP contribution in [-0.2, 0) is 11.2 Å². The molecule has 1 aromatic rings. The molecule has 1 unspecified atom stereocenters. The standard InChI is InChI=1S/C14H21NO3/c1-14(2,3)12(17)9-15-13(18)8-10-4-6-11(16)7-5-10/h4-7,12,16-17H,8-9H2,1-3H3,(H,15,18). The van der Waals surface area contributed by atoms with Gasteiger partial charge in [0.05, 0.1) is 12.5 Å². The van der Waals surface area contributed by atoms with Crippen molar-refractivity contribution in [2.75, 3.05) is 6.54 Å². The van der Waals surface area contributed by atoms with Gasteiger partial charge < -0.3 is 15.5 Å². The number of hydrogen-bond donors (Lipinski definition) is 3. The molecule has 1 amide bonds. The molecule has 3 N–H and O–H groups in total. The number of rotatable bonds is 4. The lowest BCUT2D eigenvalue weighted by atomic mass is 9.89. The lowest BCUT2D eigenvalue weighted by Crippen LogP contribution is -2.39. The third-order valence-corrected chi connectivity index (χ3v) is 2.79. The number of benzene rings is 1. The van der Waals surface area contributed by atoms with Gasteiger partial charge in [0.1, 0.15) is 5.75 Å². The quantitative estimate of drug-likeness (QED) is 0.758. The summed E-state index contributed by atoms with van der Waals surface area (Å²) in [6.45, 7) is 6.01. The monoisotopic (exact) mass is 251 g/mol. The minimum Gasteiger partial charge on any atom is -0.508 e. The minimum atomic E-state index is -0.568. The second-order valence-electron chi connectivity index (χ2n) is 5.53. The SMILES string of the molecule is CC(C)(C)C(O)CNC(=O)Cc1ccc(O)cc1. The Balaban J connectivity index is 2.41. The van der Waals surface area contributed by atoms with Crippen molar-refractivity contribution in [1.29, 1.82) is 0 Å². The van der Waals surface area contributed by atoms with E-state index in [2.05, 4.69) is 5.32 Å². The zero-order valence-corrected chi connectivity index (χ0v) is 11.1. The molecule has 0 bridgehead atoms. The van der Waals surface area contributed by atoms with Gasteiger partial charge in [0, 0.05) is 6.54 Å². The Bertz CT molecular complexity index is 392. The van der Waals surface area contributed by atoms with Crippen LogP contribution in [0.15, 0.2) is 24.3 Å². The lowest BCUT2D eigenvalue weighted by molar-refractivity contribution is -0.121. The third kappa shape index (κ3) is 4.75. The maximum Gasteiger partial charge on any atom is 0.224 e. The van der Waals surface area contributed by atoms with Crippen LogP contribution in [0.1, 0.15) is 26.3 Å². The molecule has 0 radical (unpaired) electrons. The molecule has 0 aromatic heterocycles. The third-order valence-electron chi connectivity index (χ3n) is 2.79. The summed E-state index contributed by atoms with van der Waals surface area (Å²) in [5.41, 5.74) is 0.585. The van der Waals surface area contributed by atoms with Gasteiger partial charge in [0.15, 0.2) is 0 Å². The van der Waals surface area contributed by atoms with Crippen LogP contribution in [-0.4, -0.2) is 28.8 Å². The molecule has 0 saturated heterocycles. The number of aromatic hydroxyl groups is 1. The van der Waals surface area contributed by atoms with Crippen molar-refractivity contribution in [3.8, 4) is 5.75 Å². The molecule has 0 fully saturated rings. The highest BCUT2D eigenvalue weighted by Gasteiger charge is 2.22. The first kappa shape index (κ1) is 14.5. The van der Waals surface area contributed by atoms with Crippen molar-refractivity contribution >= 4 is 5.91 Å². The molecule has 0 spiro atoms. The van der Waals surface area contributed by atoms with Gasteiger partial charge in [-0.25, -0.2) is 0 Å². The second kappa shape index (κ2) is 5.87. The molecule has 1 rings (SSSR count). The molecule has 0 aliphatic heterocycles. The molecule has 0 aliphatic rings. The van der Waals surface area contributed by atoms with E-state index >= 15 is 0 Å². The molecule has 100 valence electrons. The number of aliphatic hydroxyl groups is 1. The maximum atomic E-state index is 11.6. The van der Waals surface area contributed by atoms with E-state index in [1.165, 1.54) is 0 Å². The number of aliphatic hydroxyl groups excluding tert-OH is 1. The molecule has 0 heterocycles. The van der Waals surface area contributed by atoms with E-state index in [1.54, 1.807) is 24.3 Å². The predicted octanol–water partition coefficient (Wildman–Crippen LogP) is 1.46. The summed E-state index contributed by atoms with van der Waals surface area (Å²) in [4.78, 5) is 11.6. The highest BCUT2D eigenvalue weighted by Crippen LogP contribution is 2.18. The van der Waals surface area contributed by atoms with Gasteiger partial charge >= 0.3 is 0 Å². The van der Waals surface area contributed by atoms with Crippen LogP contribution in [0.25, 0.3) is 0 Å². The molecule has 4 nitrogen and oxygen atoms in total. The number of phenols is 1. The van der Waals surface area contributed by atoms with Crippen LogP contribution in [0.4, 0.5) is 0 Å². The molecule has 1 aromatic carbocycles. The first-order valence-electron chi connectivity index (χ1n) is 6.01. The van der Waals surface area contributed by atoms with E-state index in [-0.39, 0.29) is 30.0 Å². The van der Waals surface area contributed by atoms with Crippen LogP contribution < -0.4 is 5.32 Å². The van der Waals surface area contributed by atoms with Crippen molar-refractivity contribution in [3.63, 3.8) is 0 Å². The number of carbonyl (C=O) groups is 1. The van der Waals surface area contributed by atoms with Crippen LogP contribution in [0, 0.1) is 5.41 Å². The average Bonchev–Trinajstić information content (AvgIpc) is 2.28. The first-order chi connectivity index (χ1) is 8.29. The van der Waals surface area contributed by atoms with Crippen molar-refractivity contribution in [2.45, 2.75) is 33.3 Å². The summed E-state index contributed by atoms with van der Waals surface area (Å²) in [7, 11) is 0. The molecule has 4 heteroatoms. The fourth-order valence-electron chi connectivity index (χ4n) is 1.38. The van der Waals surface area contributed by atoms with E-state index in [0.717, 1.165) is 5.56 Å². The minimum absolute atomic E-state index is 0.135. The van der Waals surface area contributed by atoms with Gasteiger partial charge in [-0.3, -0.25) is 4.79 Å². The van der Waals surface area contributed by atoms with E-state index < -0.39 is 6.10 Å². The number of hydrogen-bond acceptors (Lipinski definition) is 3. The van der Waals surface area contributed by atoms with E-state index in [0.29, 0.717) is 0 Å². The van der Waals surface area contributed by atoms with E-state index in [4.69, 9.17) is 5.11 Å². The first-order valence-corrected chi connectivity index (χ1v) is 6.01. The van der Waals surface area contributed by atoms with Crippen molar-refractivity contribution in [2.24, 2.45) is 5.41 Å². The normalized spacial score (nSPS) is 13.1.